The second-order valence-electron chi connectivity index (χ2n) is 6.24. The maximum Gasteiger partial charge on any atom is 0.282 e. The van der Waals surface area contributed by atoms with Gasteiger partial charge in [0.05, 0.1) is 24.1 Å². The molecule has 0 saturated carbocycles. The first-order chi connectivity index (χ1) is 14.0. The lowest BCUT2D eigenvalue weighted by atomic mass is 10.1. The largest absolute Gasteiger partial charge is 0.598 e. The average Bonchev–Trinajstić information content (AvgIpc) is 3.16. The highest BCUT2D eigenvalue weighted by atomic mass is 32.2. The van der Waals surface area contributed by atoms with Crippen LogP contribution >= 0.6 is 0 Å². The van der Waals surface area contributed by atoms with Crippen LogP contribution in [0.25, 0.3) is 28.3 Å². The molecule has 0 bridgehead atoms. The smallest absolute Gasteiger partial charge is 0.282 e. The normalized spacial score (nSPS) is 12.6. The van der Waals surface area contributed by atoms with Crippen LogP contribution in [0.5, 0.6) is 0 Å². The van der Waals surface area contributed by atoms with Gasteiger partial charge in [0.1, 0.15) is 24.0 Å². The van der Waals surface area contributed by atoms with Crippen molar-refractivity contribution in [1.29, 1.82) is 0 Å². The number of rotatable bonds is 6. The van der Waals surface area contributed by atoms with E-state index < -0.39 is 17.8 Å². The van der Waals surface area contributed by atoms with Gasteiger partial charge in [0.2, 0.25) is 0 Å². The molecule has 0 amide bonds. The molecule has 0 aliphatic rings. The summed E-state index contributed by atoms with van der Waals surface area (Å²) in [4.78, 5) is 12.8. The zero-order valence-electron chi connectivity index (χ0n) is 15.3. The molecular formula is C19H16F2N6OS. The minimum Gasteiger partial charge on any atom is -0.598 e. The summed E-state index contributed by atoms with van der Waals surface area (Å²) in [6.45, 7) is 0.461. The van der Waals surface area contributed by atoms with Gasteiger partial charge in [-0.1, -0.05) is 18.2 Å². The van der Waals surface area contributed by atoms with Gasteiger partial charge in [-0.25, -0.2) is 28.2 Å². The Labute approximate surface area is 168 Å². The number of fused-ring (bicyclic) bond motifs is 1. The molecule has 1 aromatic carbocycles. The SMILES string of the molecule is C[S+]([O-])NCc1cccc(-c2cc(-c3cnc4ccc(C(F)F)nn34)ncn2)c1. The van der Waals surface area contributed by atoms with E-state index in [0.717, 1.165) is 11.1 Å². The van der Waals surface area contributed by atoms with Crippen LogP contribution in [0.15, 0.2) is 55.0 Å². The fraction of sp³-hybridized carbons (Fsp3) is 0.158. The number of nitrogens with zero attached hydrogens (tertiary/aromatic N) is 5. The Morgan fingerprint density at radius 3 is 2.72 bits per heavy atom. The Bertz CT molecular complexity index is 1150. The van der Waals surface area contributed by atoms with Gasteiger partial charge in [-0.3, -0.25) is 0 Å². The molecule has 148 valence electrons. The summed E-state index contributed by atoms with van der Waals surface area (Å²) in [5.74, 6) is 0. The third-order valence-electron chi connectivity index (χ3n) is 4.24. The predicted octanol–water partition coefficient (Wildman–Crippen LogP) is 3.17. The predicted molar refractivity (Wildman–Crippen MR) is 105 cm³/mol. The zero-order chi connectivity index (χ0) is 20.4. The minimum absolute atomic E-state index is 0.334. The van der Waals surface area contributed by atoms with Crippen LogP contribution in [0.1, 0.15) is 17.7 Å². The molecule has 10 heteroatoms. The van der Waals surface area contributed by atoms with Gasteiger partial charge in [0, 0.05) is 16.9 Å². The quantitative estimate of drug-likeness (QED) is 0.488. The van der Waals surface area contributed by atoms with E-state index in [1.165, 1.54) is 23.0 Å². The van der Waals surface area contributed by atoms with E-state index >= 15 is 0 Å². The summed E-state index contributed by atoms with van der Waals surface area (Å²) in [5, 5.41) is 3.98. The number of halogens is 2. The fourth-order valence-electron chi connectivity index (χ4n) is 2.86. The Kier molecular flexibility index (Phi) is 5.47. The van der Waals surface area contributed by atoms with Crippen LogP contribution in [-0.2, 0) is 17.9 Å². The molecule has 1 atom stereocenters. The number of alkyl halides is 2. The van der Waals surface area contributed by atoms with Crippen molar-refractivity contribution in [1.82, 2.24) is 29.3 Å². The third-order valence-corrected chi connectivity index (χ3v) is 4.79. The van der Waals surface area contributed by atoms with Crippen LogP contribution in [-0.4, -0.2) is 35.4 Å². The highest BCUT2D eigenvalue weighted by Crippen LogP contribution is 2.25. The molecule has 3 heterocycles. The van der Waals surface area contributed by atoms with Gasteiger partial charge in [-0.05, 0) is 29.8 Å². The van der Waals surface area contributed by atoms with E-state index in [2.05, 4.69) is 24.8 Å². The topological polar surface area (TPSA) is 91.1 Å². The van der Waals surface area contributed by atoms with Gasteiger partial charge < -0.3 is 4.55 Å². The van der Waals surface area contributed by atoms with Crippen molar-refractivity contribution in [2.75, 3.05) is 6.26 Å². The summed E-state index contributed by atoms with van der Waals surface area (Å²) in [7, 11) is 0. The van der Waals surface area contributed by atoms with E-state index in [-0.39, 0.29) is 5.69 Å². The van der Waals surface area contributed by atoms with Gasteiger partial charge in [0.25, 0.3) is 6.43 Å². The number of imidazole rings is 1. The molecule has 1 N–H and O–H groups in total. The molecular weight excluding hydrogens is 398 g/mol. The molecule has 4 rings (SSSR count). The number of hydrogen-bond acceptors (Lipinski definition) is 6. The molecule has 0 aliphatic heterocycles. The van der Waals surface area contributed by atoms with Gasteiger partial charge in [-0.2, -0.15) is 5.10 Å². The molecule has 0 radical (unpaired) electrons. The second kappa shape index (κ2) is 8.19. The number of benzene rings is 1. The maximum absolute atomic E-state index is 13.0. The highest BCUT2D eigenvalue weighted by molar-refractivity contribution is 7.88. The Hall–Kier alpha value is -2.95. The van der Waals surface area contributed by atoms with Gasteiger partial charge >= 0.3 is 0 Å². The number of aromatic nitrogens is 5. The van der Waals surface area contributed by atoms with Crippen molar-refractivity contribution in [2.24, 2.45) is 0 Å². The van der Waals surface area contributed by atoms with Crippen LogP contribution < -0.4 is 4.72 Å². The Morgan fingerprint density at radius 2 is 1.93 bits per heavy atom. The molecule has 1 unspecified atom stereocenters. The highest BCUT2D eigenvalue weighted by Gasteiger charge is 2.14. The number of nitrogens with one attached hydrogen (secondary N) is 1. The van der Waals surface area contributed by atoms with Crippen molar-refractivity contribution in [3.63, 3.8) is 0 Å². The summed E-state index contributed by atoms with van der Waals surface area (Å²) in [6.07, 6.45) is 1.85. The molecule has 3 aromatic heterocycles. The van der Waals surface area contributed by atoms with Crippen molar-refractivity contribution < 1.29 is 13.3 Å². The van der Waals surface area contributed by atoms with E-state index in [4.69, 9.17) is 0 Å². The summed E-state index contributed by atoms with van der Waals surface area (Å²) in [6, 6.07) is 12.2. The van der Waals surface area contributed by atoms with Crippen molar-refractivity contribution in [3.05, 3.63) is 66.2 Å². The molecule has 7 nitrogen and oxygen atoms in total. The van der Waals surface area contributed by atoms with Crippen molar-refractivity contribution in [2.45, 2.75) is 13.0 Å². The lowest BCUT2D eigenvalue weighted by Crippen LogP contribution is -2.21. The lowest BCUT2D eigenvalue weighted by Gasteiger charge is -2.08. The minimum atomic E-state index is -2.68. The molecule has 0 saturated heterocycles. The monoisotopic (exact) mass is 414 g/mol. The van der Waals surface area contributed by atoms with Gasteiger partial charge in [0.15, 0.2) is 5.65 Å². The third kappa shape index (κ3) is 4.24. The van der Waals surface area contributed by atoms with Crippen LogP contribution in [0.2, 0.25) is 0 Å². The lowest BCUT2D eigenvalue weighted by molar-refractivity contribution is 0.144. The molecule has 0 aliphatic carbocycles. The summed E-state index contributed by atoms with van der Waals surface area (Å²) < 4.78 is 41.5. The first kappa shape index (κ1) is 19.4. The second-order valence-corrected chi connectivity index (χ2v) is 7.43. The van der Waals surface area contributed by atoms with Gasteiger partial charge in [-0.15, -0.1) is 4.72 Å². The van der Waals surface area contributed by atoms with Crippen LogP contribution in [0.3, 0.4) is 0 Å². The first-order valence-corrected chi connectivity index (χ1v) is 10.2. The molecule has 4 aromatic rings. The molecule has 0 spiro atoms. The molecule has 29 heavy (non-hydrogen) atoms. The van der Waals surface area contributed by atoms with E-state index in [1.54, 1.807) is 18.5 Å². The van der Waals surface area contributed by atoms with E-state index in [9.17, 15) is 13.3 Å². The summed E-state index contributed by atoms with van der Waals surface area (Å²) >= 11 is -1.11. The van der Waals surface area contributed by atoms with E-state index in [0.29, 0.717) is 29.3 Å². The Balaban J connectivity index is 1.71. The van der Waals surface area contributed by atoms with Crippen molar-refractivity contribution in [3.8, 4) is 22.6 Å². The van der Waals surface area contributed by atoms with Crippen molar-refractivity contribution >= 4 is 17.0 Å². The zero-order valence-corrected chi connectivity index (χ0v) is 16.1. The van der Waals surface area contributed by atoms with Crippen LogP contribution in [0, 0.1) is 0 Å². The molecule has 0 fully saturated rings. The Morgan fingerprint density at radius 1 is 1.10 bits per heavy atom. The van der Waals surface area contributed by atoms with Crippen LogP contribution in [0.4, 0.5) is 8.78 Å². The summed E-state index contributed by atoms with van der Waals surface area (Å²) in [5.41, 5.74) is 3.59. The fourth-order valence-corrected chi connectivity index (χ4v) is 3.23. The van der Waals surface area contributed by atoms with E-state index in [1.807, 2.05) is 24.3 Å². The standard InChI is InChI=1S/C19H16F2N6OS/c1-29(28)25-9-12-3-2-4-13(7-12)15-8-16(24-11-23-15)17-10-22-18-6-5-14(19(20)21)26-27(17)18/h2-8,10-11,19,25H,9H2,1H3. The maximum atomic E-state index is 13.0. The number of hydrogen-bond donors (Lipinski definition) is 1. The average molecular weight is 414 g/mol. The first-order valence-electron chi connectivity index (χ1n) is 8.63.